The van der Waals surface area contributed by atoms with Gasteiger partial charge < -0.3 is 4.74 Å². The normalized spacial score (nSPS) is 17.6. The summed E-state index contributed by atoms with van der Waals surface area (Å²) in [6, 6.07) is 12.1. The fourth-order valence-corrected chi connectivity index (χ4v) is 4.24. The number of fused-ring (bicyclic) bond motifs is 1. The van der Waals surface area contributed by atoms with Crippen LogP contribution in [0, 0.1) is 0 Å². The van der Waals surface area contributed by atoms with Crippen molar-refractivity contribution in [2.75, 3.05) is 7.11 Å². The molecule has 3 heteroatoms. The zero-order chi connectivity index (χ0) is 19.8. The predicted molar refractivity (Wildman–Crippen MR) is 116 cm³/mol. The van der Waals surface area contributed by atoms with Gasteiger partial charge in [0.1, 0.15) is 0 Å². The van der Waals surface area contributed by atoms with Crippen LogP contribution in [0.4, 0.5) is 0 Å². The molecule has 0 atom stereocenters. The van der Waals surface area contributed by atoms with Gasteiger partial charge in [0.15, 0.2) is 0 Å². The molecule has 0 radical (unpaired) electrons. The highest BCUT2D eigenvalue weighted by atomic mass is 79.9. The molecule has 0 fully saturated rings. The number of rotatable bonds is 3. The average Bonchev–Trinajstić information content (AvgIpc) is 2.64. The van der Waals surface area contributed by atoms with Gasteiger partial charge in [-0.2, -0.15) is 0 Å². The molecule has 0 N–H and O–H groups in total. The van der Waals surface area contributed by atoms with Gasteiger partial charge in [-0.25, -0.2) is 4.79 Å². The smallest absolute Gasteiger partial charge is 0.337 e. The van der Waals surface area contributed by atoms with Crippen molar-refractivity contribution in [2.24, 2.45) is 0 Å². The molecule has 2 aromatic carbocycles. The van der Waals surface area contributed by atoms with Crippen LogP contribution in [-0.2, 0) is 15.6 Å². The molecule has 0 spiro atoms. The maximum Gasteiger partial charge on any atom is 0.337 e. The van der Waals surface area contributed by atoms with E-state index in [1.807, 2.05) is 12.1 Å². The molecule has 0 bridgehead atoms. The van der Waals surface area contributed by atoms with E-state index in [4.69, 9.17) is 4.74 Å². The van der Waals surface area contributed by atoms with E-state index in [-0.39, 0.29) is 16.8 Å². The van der Waals surface area contributed by atoms with Crippen molar-refractivity contribution in [3.8, 4) is 0 Å². The first-order valence-corrected chi connectivity index (χ1v) is 10.1. The summed E-state index contributed by atoms with van der Waals surface area (Å²) in [5, 5.41) is 0. The molecule has 142 valence electrons. The van der Waals surface area contributed by atoms with Gasteiger partial charge in [-0.05, 0) is 70.2 Å². The van der Waals surface area contributed by atoms with Crippen molar-refractivity contribution >= 4 is 34.1 Å². The third-order valence-electron chi connectivity index (χ3n) is 5.76. The minimum absolute atomic E-state index is 0.191. The van der Waals surface area contributed by atoms with Crippen LogP contribution < -0.4 is 0 Å². The standard InChI is InChI=1S/C24H27BrO2/c1-23(2)12-13-24(3,4)20-15-21(25)18(14-19(20)23)11-8-16-6-9-17(10-7-16)22(26)27-5/h6-11,14-15H,12-13H2,1-5H3/b11-8+. The Morgan fingerprint density at radius 1 is 0.963 bits per heavy atom. The third kappa shape index (κ3) is 4.03. The lowest BCUT2D eigenvalue weighted by Crippen LogP contribution is -2.33. The molecule has 0 aliphatic heterocycles. The average molecular weight is 427 g/mol. The number of ether oxygens (including phenoxy) is 1. The number of benzene rings is 2. The Balaban J connectivity index is 1.94. The van der Waals surface area contributed by atoms with E-state index in [0.29, 0.717) is 5.56 Å². The van der Waals surface area contributed by atoms with Crippen molar-refractivity contribution < 1.29 is 9.53 Å². The van der Waals surface area contributed by atoms with E-state index in [1.165, 1.54) is 36.6 Å². The number of carbonyl (C=O) groups excluding carboxylic acids is 1. The molecule has 0 saturated carbocycles. The largest absolute Gasteiger partial charge is 0.465 e. The highest BCUT2D eigenvalue weighted by Gasteiger charge is 2.37. The molecule has 0 saturated heterocycles. The topological polar surface area (TPSA) is 26.3 Å². The minimum Gasteiger partial charge on any atom is -0.465 e. The molecule has 0 heterocycles. The lowest BCUT2D eigenvalue weighted by atomic mass is 9.63. The summed E-state index contributed by atoms with van der Waals surface area (Å²) in [7, 11) is 1.40. The number of methoxy groups -OCH3 is 1. The Labute approximate surface area is 170 Å². The second-order valence-corrected chi connectivity index (χ2v) is 9.49. The lowest BCUT2D eigenvalue weighted by Gasteiger charge is -2.42. The van der Waals surface area contributed by atoms with E-state index in [2.05, 4.69) is 67.9 Å². The Morgan fingerprint density at radius 3 is 2.07 bits per heavy atom. The van der Waals surface area contributed by atoms with Crippen LogP contribution in [-0.4, -0.2) is 13.1 Å². The summed E-state index contributed by atoms with van der Waals surface area (Å²) < 4.78 is 5.87. The molecular formula is C24H27BrO2. The van der Waals surface area contributed by atoms with Crippen molar-refractivity contribution in [2.45, 2.75) is 51.4 Å². The van der Waals surface area contributed by atoms with E-state index in [1.54, 1.807) is 12.1 Å². The van der Waals surface area contributed by atoms with Crippen LogP contribution >= 0.6 is 15.9 Å². The fourth-order valence-electron chi connectivity index (χ4n) is 3.77. The summed E-state index contributed by atoms with van der Waals surface area (Å²) in [6.45, 7) is 9.36. The van der Waals surface area contributed by atoms with Gasteiger partial charge in [0.05, 0.1) is 12.7 Å². The van der Waals surface area contributed by atoms with Crippen LogP contribution in [0.3, 0.4) is 0 Å². The van der Waals surface area contributed by atoms with E-state index >= 15 is 0 Å². The zero-order valence-electron chi connectivity index (χ0n) is 16.7. The van der Waals surface area contributed by atoms with Gasteiger partial charge in [0, 0.05) is 4.47 Å². The first-order valence-electron chi connectivity index (χ1n) is 9.35. The minimum atomic E-state index is -0.312. The second-order valence-electron chi connectivity index (χ2n) is 8.63. The van der Waals surface area contributed by atoms with E-state index in [9.17, 15) is 4.79 Å². The SMILES string of the molecule is COC(=O)c1ccc(/C=C/c2cc3c(cc2Br)C(C)(C)CCC3(C)C)cc1. The van der Waals surface area contributed by atoms with Crippen molar-refractivity contribution in [3.05, 3.63) is 68.7 Å². The Bertz CT molecular complexity index is 889. The highest BCUT2D eigenvalue weighted by molar-refractivity contribution is 9.10. The van der Waals surface area contributed by atoms with Gasteiger partial charge in [-0.3, -0.25) is 0 Å². The number of hydrogen-bond donors (Lipinski definition) is 0. The predicted octanol–water partition coefficient (Wildman–Crippen LogP) is 6.76. The molecule has 3 rings (SSSR count). The van der Waals surface area contributed by atoms with Crippen LogP contribution in [0.15, 0.2) is 40.9 Å². The molecule has 1 aliphatic carbocycles. The number of hydrogen-bond acceptors (Lipinski definition) is 2. The Morgan fingerprint density at radius 2 is 1.52 bits per heavy atom. The summed E-state index contributed by atoms with van der Waals surface area (Å²) in [5.74, 6) is -0.312. The monoisotopic (exact) mass is 426 g/mol. The van der Waals surface area contributed by atoms with E-state index in [0.717, 1.165) is 10.0 Å². The quantitative estimate of drug-likeness (QED) is 0.400. The molecule has 2 aromatic rings. The summed E-state index contributed by atoms with van der Waals surface area (Å²) in [5.41, 5.74) is 6.08. The fraction of sp³-hybridized carbons (Fsp3) is 0.375. The number of carbonyl (C=O) groups is 1. The maximum absolute atomic E-state index is 11.6. The molecule has 1 aliphatic rings. The van der Waals surface area contributed by atoms with Gasteiger partial charge in [0.2, 0.25) is 0 Å². The Kier molecular flexibility index (Phi) is 5.36. The zero-order valence-corrected chi connectivity index (χ0v) is 18.3. The summed E-state index contributed by atoms with van der Waals surface area (Å²) in [4.78, 5) is 11.6. The highest BCUT2D eigenvalue weighted by Crippen LogP contribution is 2.47. The first kappa shape index (κ1) is 19.9. The van der Waals surface area contributed by atoms with Gasteiger partial charge in [-0.15, -0.1) is 0 Å². The van der Waals surface area contributed by atoms with Gasteiger partial charge in [-0.1, -0.05) is 67.9 Å². The molecule has 2 nitrogen and oxygen atoms in total. The summed E-state index contributed by atoms with van der Waals surface area (Å²) >= 11 is 3.77. The molecule has 0 unspecified atom stereocenters. The van der Waals surface area contributed by atoms with Crippen LogP contribution in [0.5, 0.6) is 0 Å². The molecule has 0 aromatic heterocycles. The van der Waals surface area contributed by atoms with Crippen LogP contribution in [0.25, 0.3) is 12.2 Å². The van der Waals surface area contributed by atoms with E-state index < -0.39 is 0 Å². The Hall–Kier alpha value is -1.87. The molecule has 0 amide bonds. The lowest BCUT2D eigenvalue weighted by molar-refractivity contribution is 0.0600. The first-order chi connectivity index (χ1) is 12.6. The van der Waals surface area contributed by atoms with Crippen molar-refractivity contribution in [3.63, 3.8) is 0 Å². The van der Waals surface area contributed by atoms with Gasteiger partial charge >= 0.3 is 5.97 Å². The van der Waals surface area contributed by atoms with Gasteiger partial charge in [0.25, 0.3) is 0 Å². The summed E-state index contributed by atoms with van der Waals surface area (Å²) in [6.07, 6.45) is 6.62. The molecular weight excluding hydrogens is 400 g/mol. The number of halogens is 1. The second kappa shape index (κ2) is 7.27. The van der Waals surface area contributed by atoms with Crippen molar-refractivity contribution in [1.82, 2.24) is 0 Å². The molecule has 27 heavy (non-hydrogen) atoms. The van der Waals surface area contributed by atoms with Crippen molar-refractivity contribution in [1.29, 1.82) is 0 Å². The maximum atomic E-state index is 11.6. The number of esters is 1. The third-order valence-corrected chi connectivity index (χ3v) is 6.44. The van der Waals surface area contributed by atoms with Crippen LogP contribution in [0.2, 0.25) is 0 Å². The van der Waals surface area contributed by atoms with Crippen LogP contribution in [0.1, 0.15) is 73.1 Å².